The molecule has 1 fully saturated rings. The van der Waals surface area contributed by atoms with Gasteiger partial charge in [0.25, 0.3) is 11.8 Å². The number of nitrogens with one attached hydrogen (secondary N) is 1. The van der Waals surface area contributed by atoms with Crippen LogP contribution in [-0.2, 0) is 14.3 Å². The van der Waals surface area contributed by atoms with E-state index in [1.807, 2.05) is 20.8 Å². The highest BCUT2D eigenvalue weighted by atomic mass is 16.5. The lowest BCUT2D eigenvalue weighted by atomic mass is 9.96. The molecular formula is C27H33N3O7. The molecule has 0 radical (unpaired) electrons. The molecule has 1 saturated heterocycles. The first-order valence-corrected chi connectivity index (χ1v) is 12.4. The maximum absolute atomic E-state index is 13.1. The molecular weight excluding hydrogens is 478 g/mol. The second kappa shape index (κ2) is 12.0. The fraction of sp³-hybridized carbons (Fsp3) is 0.519. The fourth-order valence-corrected chi connectivity index (χ4v) is 4.37. The highest BCUT2D eigenvalue weighted by molar-refractivity contribution is 6.24. The van der Waals surface area contributed by atoms with Gasteiger partial charge in [0.15, 0.2) is 0 Å². The molecule has 1 atom stereocenters. The molecule has 0 saturated carbocycles. The van der Waals surface area contributed by atoms with Gasteiger partial charge in [-0.25, -0.2) is 4.79 Å². The maximum atomic E-state index is 13.1. The summed E-state index contributed by atoms with van der Waals surface area (Å²) in [6, 6.07) is 3.76. The molecule has 10 nitrogen and oxygen atoms in total. The molecule has 1 unspecified atom stereocenters. The molecule has 10 heteroatoms. The minimum Gasteiger partial charge on any atom is -0.465 e. The topological polar surface area (TPSA) is 133 Å². The second-order valence-electron chi connectivity index (χ2n) is 10.4. The van der Waals surface area contributed by atoms with Crippen molar-refractivity contribution in [3.05, 3.63) is 34.9 Å². The van der Waals surface area contributed by atoms with Gasteiger partial charge in [0.1, 0.15) is 12.6 Å². The van der Waals surface area contributed by atoms with Crippen molar-refractivity contribution < 1.29 is 33.8 Å². The third-order valence-electron chi connectivity index (χ3n) is 6.02. The van der Waals surface area contributed by atoms with Crippen LogP contribution in [0.15, 0.2) is 18.2 Å². The Morgan fingerprint density at radius 1 is 1.16 bits per heavy atom. The molecule has 198 valence electrons. The number of amides is 5. The Morgan fingerprint density at radius 2 is 1.92 bits per heavy atom. The number of imide groups is 2. The number of unbranched alkanes of at least 4 members (excludes halogenated alkanes) is 2. The highest BCUT2D eigenvalue weighted by Crippen LogP contribution is 2.29. The van der Waals surface area contributed by atoms with Crippen LogP contribution in [0.25, 0.3) is 0 Å². The van der Waals surface area contributed by atoms with E-state index >= 15 is 0 Å². The minimum atomic E-state index is -1.02. The smallest absolute Gasteiger partial charge is 0.407 e. The summed E-state index contributed by atoms with van der Waals surface area (Å²) in [5.41, 5.74) is 0.620. The molecule has 1 aromatic rings. The molecule has 3 rings (SSSR count). The zero-order chi connectivity index (χ0) is 27.2. The SMILES string of the molecule is CC(C)(C)CN(CCCCCOCC#Cc1cccc2c1C(=O)N(C1CCC(=O)NC1=O)C2=O)C(=O)O. The number of carbonyl (C=O) groups excluding carboxylic acids is 4. The Balaban J connectivity index is 1.48. The molecule has 2 N–H and O–H groups in total. The van der Waals surface area contributed by atoms with Gasteiger partial charge < -0.3 is 14.7 Å². The van der Waals surface area contributed by atoms with Crippen LogP contribution in [0, 0.1) is 17.3 Å². The number of rotatable bonds is 9. The fourth-order valence-electron chi connectivity index (χ4n) is 4.37. The highest BCUT2D eigenvalue weighted by Gasteiger charge is 2.45. The number of carbonyl (C=O) groups is 5. The molecule has 5 amide bonds. The molecule has 0 aliphatic carbocycles. The first-order chi connectivity index (χ1) is 17.5. The van der Waals surface area contributed by atoms with Crippen LogP contribution in [-0.4, -0.2) is 77.0 Å². The molecule has 2 heterocycles. The number of hydrogen-bond donors (Lipinski definition) is 2. The van der Waals surface area contributed by atoms with E-state index in [-0.39, 0.29) is 36.0 Å². The van der Waals surface area contributed by atoms with Gasteiger partial charge in [0, 0.05) is 31.7 Å². The van der Waals surface area contributed by atoms with Crippen molar-refractivity contribution in [3.63, 3.8) is 0 Å². The van der Waals surface area contributed by atoms with E-state index in [0.717, 1.165) is 24.2 Å². The Bertz CT molecular complexity index is 1140. The van der Waals surface area contributed by atoms with Crippen LogP contribution in [0.5, 0.6) is 0 Å². The summed E-state index contributed by atoms with van der Waals surface area (Å²) in [5.74, 6) is 3.50. The van der Waals surface area contributed by atoms with Gasteiger partial charge in [-0.15, -0.1) is 0 Å². The van der Waals surface area contributed by atoms with Crippen molar-refractivity contribution in [3.8, 4) is 11.8 Å². The molecule has 2 aliphatic heterocycles. The zero-order valence-corrected chi connectivity index (χ0v) is 21.5. The van der Waals surface area contributed by atoms with E-state index in [1.54, 1.807) is 12.1 Å². The number of ether oxygens (including phenoxy) is 1. The van der Waals surface area contributed by atoms with Crippen molar-refractivity contribution in [2.45, 2.75) is 58.9 Å². The summed E-state index contributed by atoms with van der Waals surface area (Å²) in [7, 11) is 0. The van der Waals surface area contributed by atoms with Crippen LogP contribution >= 0.6 is 0 Å². The van der Waals surface area contributed by atoms with Crippen LogP contribution in [0.3, 0.4) is 0 Å². The number of nitrogens with zero attached hydrogens (tertiary/aromatic N) is 2. The summed E-state index contributed by atoms with van der Waals surface area (Å²) in [6.45, 7) is 7.57. The lowest BCUT2D eigenvalue weighted by Crippen LogP contribution is -2.54. The second-order valence-corrected chi connectivity index (χ2v) is 10.4. The lowest BCUT2D eigenvalue weighted by molar-refractivity contribution is -0.136. The number of benzene rings is 1. The van der Waals surface area contributed by atoms with Gasteiger partial charge >= 0.3 is 6.09 Å². The van der Waals surface area contributed by atoms with Crippen molar-refractivity contribution >= 4 is 29.7 Å². The first kappa shape index (κ1) is 27.9. The molecule has 1 aromatic carbocycles. The summed E-state index contributed by atoms with van der Waals surface area (Å²) >= 11 is 0. The van der Waals surface area contributed by atoms with Gasteiger partial charge in [-0.3, -0.25) is 29.4 Å². The number of hydrogen-bond acceptors (Lipinski definition) is 6. The maximum Gasteiger partial charge on any atom is 0.407 e. The zero-order valence-electron chi connectivity index (χ0n) is 21.5. The van der Waals surface area contributed by atoms with Gasteiger partial charge in [0.05, 0.1) is 11.1 Å². The Morgan fingerprint density at radius 3 is 2.59 bits per heavy atom. The van der Waals surface area contributed by atoms with Crippen LogP contribution in [0.2, 0.25) is 0 Å². The number of piperidine rings is 1. The normalized spacial score (nSPS) is 17.3. The van der Waals surface area contributed by atoms with Gasteiger partial charge in [0.2, 0.25) is 11.8 Å². The average molecular weight is 512 g/mol. The number of carboxylic acid groups (broad SMARTS) is 1. The molecule has 37 heavy (non-hydrogen) atoms. The van der Waals surface area contributed by atoms with Gasteiger partial charge in [-0.2, -0.15) is 0 Å². The predicted octanol–water partition coefficient (Wildman–Crippen LogP) is 2.65. The van der Waals surface area contributed by atoms with E-state index < -0.39 is 35.8 Å². The van der Waals surface area contributed by atoms with Crippen LogP contribution in [0.1, 0.15) is 79.2 Å². The summed E-state index contributed by atoms with van der Waals surface area (Å²) < 4.78 is 5.55. The Hall–Kier alpha value is -3.71. The Labute approximate surface area is 216 Å². The summed E-state index contributed by atoms with van der Waals surface area (Å²) in [5, 5.41) is 11.5. The number of fused-ring (bicyclic) bond motifs is 1. The molecule has 0 aromatic heterocycles. The largest absolute Gasteiger partial charge is 0.465 e. The van der Waals surface area contributed by atoms with Crippen molar-refractivity contribution in [1.82, 2.24) is 15.1 Å². The lowest BCUT2D eigenvalue weighted by Gasteiger charge is -2.27. The van der Waals surface area contributed by atoms with Gasteiger partial charge in [-0.1, -0.05) is 38.7 Å². The van der Waals surface area contributed by atoms with E-state index in [4.69, 9.17) is 4.74 Å². The minimum absolute atomic E-state index is 0.0581. The predicted molar refractivity (Wildman–Crippen MR) is 134 cm³/mol. The van der Waals surface area contributed by atoms with Gasteiger partial charge in [-0.05, 0) is 43.2 Å². The van der Waals surface area contributed by atoms with E-state index in [2.05, 4.69) is 17.2 Å². The van der Waals surface area contributed by atoms with E-state index in [9.17, 15) is 29.1 Å². The van der Waals surface area contributed by atoms with E-state index in [0.29, 0.717) is 25.3 Å². The molecule has 0 spiro atoms. The molecule has 2 aliphatic rings. The Kier molecular flexibility index (Phi) is 9.05. The standard InChI is InChI=1S/C27H33N3O7/c1-27(2,3)17-29(26(35)36)14-5-4-6-15-37-16-8-10-18-9-7-11-19-22(18)25(34)30(24(19)33)20-12-13-21(31)28-23(20)32/h7,9,11,20H,4-6,12-17H2,1-3H3,(H,35,36)(H,28,31,32). The van der Waals surface area contributed by atoms with Crippen LogP contribution < -0.4 is 5.32 Å². The van der Waals surface area contributed by atoms with E-state index in [1.165, 1.54) is 11.0 Å². The molecule has 0 bridgehead atoms. The van der Waals surface area contributed by atoms with Crippen molar-refractivity contribution in [2.24, 2.45) is 5.41 Å². The van der Waals surface area contributed by atoms with Crippen LogP contribution in [0.4, 0.5) is 4.79 Å². The third kappa shape index (κ3) is 7.17. The quantitative estimate of drug-likeness (QED) is 0.296. The monoisotopic (exact) mass is 511 g/mol. The third-order valence-corrected chi connectivity index (χ3v) is 6.02. The summed E-state index contributed by atoms with van der Waals surface area (Å²) in [6.07, 6.45) is 1.57. The van der Waals surface area contributed by atoms with Crippen molar-refractivity contribution in [2.75, 3.05) is 26.3 Å². The van der Waals surface area contributed by atoms with Crippen molar-refractivity contribution in [1.29, 1.82) is 0 Å². The first-order valence-electron chi connectivity index (χ1n) is 12.4. The summed E-state index contributed by atoms with van der Waals surface area (Å²) in [4.78, 5) is 63.3. The average Bonchev–Trinajstić information content (AvgIpc) is 3.07.